The zero-order chi connectivity index (χ0) is 18.2. The third-order valence-electron chi connectivity index (χ3n) is 5.68. The van der Waals surface area contributed by atoms with Gasteiger partial charge in [-0.3, -0.25) is 9.56 Å². The zero-order valence-corrected chi connectivity index (χ0v) is 18.8. The van der Waals surface area contributed by atoms with Crippen LogP contribution >= 0.6 is 24.0 Å². The lowest BCUT2D eigenvalue weighted by Gasteiger charge is -2.62. The lowest BCUT2D eigenvalue weighted by atomic mass is 9.65. The number of imidazole rings is 1. The van der Waals surface area contributed by atoms with Gasteiger partial charge in [-0.1, -0.05) is 19.9 Å². The Morgan fingerprint density at radius 1 is 1.23 bits per heavy atom. The summed E-state index contributed by atoms with van der Waals surface area (Å²) in [5, 5.41) is 3.46. The summed E-state index contributed by atoms with van der Waals surface area (Å²) < 4.78 is 1.97. The van der Waals surface area contributed by atoms with Gasteiger partial charge in [-0.05, 0) is 32.4 Å². The molecule has 1 aliphatic rings. The van der Waals surface area contributed by atoms with Crippen LogP contribution in [-0.4, -0.2) is 44.5 Å². The van der Waals surface area contributed by atoms with E-state index in [9.17, 15) is 0 Å². The van der Waals surface area contributed by atoms with E-state index >= 15 is 0 Å². The third kappa shape index (κ3) is 3.58. The molecular weight excluding hydrogens is 439 g/mol. The highest BCUT2D eigenvalue weighted by Gasteiger charge is 2.53. The van der Waals surface area contributed by atoms with Gasteiger partial charge < -0.3 is 10.2 Å². The molecule has 0 radical (unpaired) electrons. The van der Waals surface area contributed by atoms with E-state index in [0.717, 1.165) is 29.7 Å². The first-order valence-corrected chi connectivity index (χ1v) is 8.70. The molecule has 0 amide bonds. The summed E-state index contributed by atoms with van der Waals surface area (Å²) in [6.45, 7) is 12.8. The van der Waals surface area contributed by atoms with E-state index in [1.54, 1.807) is 6.20 Å². The molecule has 3 heterocycles. The summed E-state index contributed by atoms with van der Waals surface area (Å²) in [6.07, 6.45) is 5.61. The summed E-state index contributed by atoms with van der Waals surface area (Å²) >= 11 is 0. The Labute approximate surface area is 173 Å². The molecule has 7 heteroatoms. The van der Waals surface area contributed by atoms with Gasteiger partial charge in [0.15, 0.2) is 5.96 Å². The molecule has 6 nitrogen and oxygen atoms in total. The standard InChI is InChI=1S/C19H28N6.HI/c1-14-21-9-10-24(14)16-8-7-15(11-22-16)12-23-17(20-6)25-13-18(2,3)19(25,4)5;/h7-11H,12-13H2,1-6H3,(H,20,23);1H. The van der Waals surface area contributed by atoms with Gasteiger partial charge in [0.05, 0.1) is 0 Å². The van der Waals surface area contributed by atoms with Crippen molar-refractivity contribution in [1.29, 1.82) is 0 Å². The lowest BCUT2D eigenvalue weighted by Crippen LogP contribution is -2.72. The van der Waals surface area contributed by atoms with Crippen molar-refractivity contribution in [3.05, 3.63) is 42.1 Å². The Balaban J connectivity index is 0.00000243. The van der Waals surface area contributed by atoms with Crippen LogP contribution in [0.25, 0.3) is 5.82 Å². The molecule has 1 fully saturated rings. The number of aliphatic imine (C=N–C) groups is 1. The van der Waals surface area contributed by atoms with Gasteiger partial charge in [0, 0.05) is 49.7 Å². The second-order valence-corrected chi connectivity index (χ2v) is 7.80. The van der Waals surface area contributed by atoms with E-state index in [4.69, 9.17) is 0 Å². The molecule has 1 N–H and O–H groups in total. The molecule has 1 aliphatic heterocycles. The highest BCUT2D eigenvalue weighted by Crippen LogP contribution is 2.46. The molecule has 0 spiro atoms. The molecule has 26 heavy (non-hydrogen) atoms. The van der Waals surface area contributed by atoms with E-state index in [-0.39, 0.29) is 34.9 Å². The maximum atomic E-state index is 4.55. The molecule has 0 aromatic carbocycles. The molecule has 0 aliphatic carbocycles. The van der Waals surface area contributed by atoms with Gasteiger partial charge in [0.1, 0.15) is 11.6 Å². The molecule has 3 rings (SSSR count). The predicted octanol–water partition coefficient (Wildman–Crippen LogP) is 3.39. The van der Waals surface area contributed by atoms with Crippen molar-refractivity contribution in [3.8, 4) is 5.82 Å². The Morgan fingerprint density at radius 3 is 2.42 bits per heavy atom. The van der Waals surface area contributed by atoms with Crippen molar-refractivity contribution in [3.63, 3.8) is 0 Å². The van der Waals surface area contributed by atoms with Crippen molar-refractivity contribution in [1.82, 2.24) is 24.8 Å². The van der Waals surface area contributed by atoms with Crippen LogP contribution in [0.3, 0.4) is 0 Å². The van der Waals surface area contributed by atoms with Crippen LogP contribution in [0.15, 0.2) is 35.7 Å². The van der Waals surface area contributed by atoms with Gasteiger partial charge in [0.2, 0.25) is 0 Å². The van der Waals surface area contributed by atoms with Gasteiger partial charge in [-0.15, -0.1) is 24.0 Å². The minimum Gasteiger partial charge on any atom is -0.352 e. The summed E-state index contributed by atoms with van der Waals surface area (Å²) in [5.74, 6) is 2.76. The smallest absolute Gasteiger partial charge is 0.194 e. The van der Waals surface area contributed by atoms with E-state index in [0.29, 0.717) is 6.54 Å². The van der Waals surface area contributed by atoms with Gasteiger partial charge >= 0.3 is 0 Å². The SMILES string of the molecule is CN=C(NCc1ccc(-n2ccnc2C)nc1)N1CC(C)(C)C1(C)C.I. The Bertz CT molecular complexity index is 776. The third-order valence-corrected chi connectivity index (χ3v) is 5.68. The largest absolute Gasteiger partial charge is 0.352 e. The molecule has 2 aromatic heterocycles. The Morgan fingerprint density at radius 2 is 1.96 bits per heavy atom. The number of guanidine groups is 1. The van der Waals surface area contributed by atoms with E-state index in [1.807, 2.05) is 37.0 Å². The van der Waals surface area contributed by atoms with Crippen molar-refractivity contribution >= 4 is 29.9 Å². The van der Waals surface area contributed by atoms with E-state index in [1.165, 1.54) is 0 Å². The lowest BCUT2D eigenvalue weighted by molar-refractivity contribution is -0.0667. The minimum absolute atomic E-state index is 0. The topological polar surface area (TPSA) is 58.3 Å². The van der Waals surface area contributed by atoms with E-state index in [2.05, 4.69) is 58.9 Å². The minimum atomic E-state index is 0. The van der Waals surface area contributed by atoms with Crippen LogP contribution in [-0.2, 0) is 6.54 Å². The first kappa shape index (κ1) is 20.7. The van der Waals surface area contributed by atoms with Crippen molar-refractivity contribution in [2.75, 3.05) is 13.6 Å². The van der Waals surface area contributed by atoms with E-state index < -0.39 is 0 Å². The molecule has 0 atom stereocenters. The number of rotatable bonds is 3. The Hall–Kier alpha value is -1.64. The second kappa shape index (κ2) is 7.54. The molecule has 2 aromatic rings. The van der Waals surface area contributed by atoms with Crippen LogP contribution in [0.1, 0.15) is 39.1 Å². The fraction of sp³-hybridized carbons (Fsp3) is 0.526. The van der Waals surface area contributed by atoms with Gasteiger partial charge in [0.25, 0.3) is 0 Å². The molecule has 142 valence electrons. The zero-order valence-electron chi connectivity index (χ0n) is 16.4. The first-order chi connectivity index (χ1) is 11.8. The monoisotopic (exact) mass is 468 g/mol. The average Bonchev–Trinajstić information content (AvgIpc) is 3.01. The summed E-state index contributed by atoms with van der Waals surface area (Å²) in [5.41, 5.74) is 1.51. The van der Waals surface area contributed by atoms with Crippen LogP contribution in [0.2, 0.25) is 0 Å². The number of nitrogens with one attached hydrogen (secondary N) is 1. The second-order valence-electron chi connectivity index (χ2n) is 7.80. The molecular formula is C19H29IN6. The number of aromatic nitrogens is 3. The maximum Gasteiger partial charge on any atom is 0.194 e. The first-order valence-electron chi connectivity index (χ1n) is 8.70. The molecule has 0 bridgehead atoms. The maximum absolute atomic E-state index is 4.55. The number of aryl methyl sites for hydroxylation is 1. The number of hydrogen-bond donors (Lipinski definition) is 1. The number of halogens is 1. The van der Waals surface area contributed by atoms with Crippen molar-refractivity contribution in [2.24, 2.45) is 10.4 Å². The quantitative estimate of drug-likeness (QED) is 0.427. The van der Waals surface area contributed by atoms with Gasteiger partial charge in [-0.2, -0.15) is 0 Å². The molecule has 0 unspecified atom stereocenters. The predicted molar refractivity (Wildman–Crippen MR) is 116 cm³/mol. The number of nitrogens with zero attached hydrogens (tertiary/aromatic N) is 5. The highest BCUT2D eigenvalue weighted by atomic mass is 127. The normalized spacial score (nSPS) is 18.1. The molecule has 1 saturated heterocycles. The fourth-order valence-electron chi connectivity index (χ4n) is 3.16. The van der Waals surface area contributed by atoms with Crippen molar-refractivity contribution in [2.45, 2.75) is 46.7 Å². The summed E-state index contributed by atoms with van der Waals surface area (Å²) in [7, 11) is 1.84. The molecule has 0 saturated carbocycles. The van der Waals surface area contributed by atoms with Crippen LogP contribution < -0.4 is 5.32 Å². The van der Waals surface area contributed by atoms with Crippen LogP contribution in [0.4, 0.5) is 0 Å². The highest BCUT2D eigenvalue weighted by molar-refractivity contribution is 14.0. The Kier molecular flexibility index (Phi) is 5.99. The summed E-state index contributed by atoms with van der Waals surface area (Å²) in [6, 6.07) is 4.11. The number of likely N-dealkylation sites (tertiary alicyclic amines) is 1. The van der Waals surface area contributed by atoms with Crippen LogP contribution in [0.5, 0.6) is 0 Å². The fourth-order valence-corrected chi connectivity index (χ4v) is 3.16. The van der Waals surface area contributed by atoms with Crippen molar-refractivity contribution < 1.29 is 0 Å². The number of pyridine rings is 1. The summed E-state index contributed by atoms with van der Waals surface area (Å²) in [4.78, 5) is 15.6. The average molecular weight is 468 g/mol. The van der Waals surface area contributed by atoms with Crippen LogP contribution in [0, 0.1) is 12.3 Å². The van der Waals surface area contributed by atoms with Gasteiger partial charge in [-0.25, -0.2) is 9.97 Å². The number of hydrogen-bond acceptors (Lipinski definition) is 3.